The Morgan fingerprint density at radius 2 is 1.80 bits per heavy atom. The van der Waals surface area contributed by atoms with Gasteiger partial charge in [-0.15, -0.1) is 0 Å². The molecule has 35 heavy (non-hydrogen) atoms. The van der Waals surface area contributed by atoms with Crippen molar-refractivity contribution < 1.29 is 9.47 Å². The van der Waals surface area contributed by atoms with E-state index in [1.54, 1.807) is 33.7 Å². The van der Waals surface area contributed by atoms with Gasteiger partial charge in [0.2, 0.25) is 0 Å². The number of aliphatic imine (C=N–C) groups is 1. The average molecular weight is 475 g/mol. The second-order valence-corrected chi connectivity index (χ2v) is 8.69. The third-order valence-corrected chi connectivity index (χ3v) is 6.39. The largest absolute Gasteiger partial charge is 0.497 e. The van der Waals surface area contributed by atoms with Gasteiger partial charge in [-0.1, -0.05) is 0 Å². The molecule has 1 fully saturated rings. The highest BCUT2D eigenvalue weighted by molar-refractivity contribution is 5.89. The van der Waals surface area contributed by atoms with Crippen LogP contribution in [0.5, 0.6) is 11.5 Å². The fourth-order valence-corrected chi connectivity index (χ4v) is 4.52. The van der Waals surface area contributed by atoms with Crippen molar-refractivity contribution in [1.29, 1.82) is 5.41 Å². The molecule has 1 aliphatic rings. The fourth-order valence-electron chi connectivity index (χ4n) is 4.52. The monoisotopic (exact) mass is 474 g/mol. The van der Waals surface area contributed by atoms with Crippen molar-refractivity contribution in [2.24, 2.45) is 4.99 Å². The third kappa shape index (κ3) is 5.95. The molecule has 0 spiro atoms. The van der Waals surface area contributed by atoms with Crippen LogP contribution >= 0.6 is 0 Å². The van der Waals surface area contributed by atoms with Gasteiger partial charge in [0.15, 0.2) is 0 Å². The van der Waals surface area contributed by atoms with E-state index in [0.717, 1.165) is 53.4 Å². The van der Waals surface area contributed by atoms with Crippen LogP contribution in [0.25, 0.3) is 11.0 Å². The molecule has 1 aromatic heterocycles. The quantitative estimate of drug-likeness (QED) is 0.405. The van der Waals surface area contributed by atoms with Crippen LogP contribution in [0.1, 0.15) is 30.9 Å². The van der Waals surface area contributed by atoms with Gasteiger partial charge in [0.25, 0.3) is 0 Å². The van der Waals surface area contributed by atoms with Gasteiger partial charge >= 0.3 is 0 Å². The summed E-state index contributed by atoms with van der Waals surface area (Å²) >= 11 is 0. The smallest absolute Gasteiger partial charge is 0.124 e. The minimum absolute atomic E-state index is 0.292. The Hall–Kier alpha value is -3.52. The summed E-state index contributed by atoms with van der Waals surface area (Å²) < 4.78 is 11.1. The van der Waals surface area contributed by atoms with Gasteiger partial charge in [0.05, 0.1) is 43.1 Å². The Morgan fingerprint density at radius 3 is 2.46 bits per heavy atom. The van der Waals surface area contributed by atoms with Crippen molar-refractivity contribution in [1.82, 2.24) is 14.9 Å². The van der Waals surface area contributed by atoms with Gasteiger partial charge in [-0.05, 0) is 57.1 Å². The van der Waals surface area contributed by atoms with E-state index in [9.17, 15) is 0 Å². The molecule has 8 heteroatoms. The molecule has 1 unspecified atom stereocenters. The van der Waals surface area contributed by atoms with Crippen molar-refractivity contribution in [3.05, 3.63) is 48.3 Å². The van der Waals surface area contributed by atoms with Crippen LogP contribution in [-0.2, 0) is 0 Å². The summed E-state index contributed by atoms with van der Waals surface area (Å²) in [5.41, 5.74) is 4.34. The van der Waals surface area contributed by atoms with E-state index in [-0.39, 0.29) is 5.92 Å². The highest BCUT2D eigenvalue weighted by Gasteiger charge is 2.17. The number of methoxy groups -OCH3 is 2. The van der Waals surface area contributed by atoms with Gasteiger partial charge < -0.3 is 24.7 Å². The number of benzene rings is 2. The van der Waals surface area contributed by atoms with Crippen LogP contribution in [0.3, 0.4) is 0 Å². The zero-order valence-corrected chi connectivity index (χ0v) is 20.8. The summed E-state index contributed by atoms with van der Waals surface area (Å²) in [5, 5.41) is 7.74. The lowest BCUT2D eigenvalue weighted by molar-refractivity contribution is 0.336. The molecule has 0 amide bonds. The molecule has 4 rings (SSSR count). The molecule has 2 heterocycles. The second-order valence-electron chi connectivity index (χ2n) is 8.69. The number of nitrogens with one attached hydrogen (secondary N) is 1. The first-order valence-electron chi connectivity index (χ1n) is 12.1. The molecule has 0 saturated carbocycles. The van der Waals surface area contributed by atoms with Gasteiger partial charge in [-0.2, -0.15) is 0 Å². The normalized spacial score (nSPS) is 14.9. The van der Waals surface area contributed by atoms with Crippen molar-refractivity contribution >= 4 is 34.8 Å². The van der Waals surface area contributed by atoms with Gasteiger partial charge in [0.1, 0.15) is 11.5 Å². The Kier molecular flexibility index (Phi) is 8.26. The van der Waals surface area contributed by atoms with Crippen molar-refractivity contribution in [2.75, 3.05) is 52.3 Å². The summed E-state index contributed by atoms with van der Waals surface area (Å²) in [4.78, 5) is 18.3. The van der Waals surface area contributed by atoms with Gasteiger partial charge in [0, 0.05) is 55.6 Å². The third-order valence-electron chi connectivity index (χ3n) is 6.39. The lowest BCUT2D eigenvalue weighted by Crippen LogP contribution is -2.26. The highest BCUT2D eigenvalue weighted by Crippen LogP contribution is 2.34. The predicted octanol–water partition coefficient (Wildman–Crippen LogP) is 4.70. The summed E-state index contributed by atoms with van der Waals surface area (Å²) in [5.74, 6) is 1.21. The number of hydrogen-bond donors (Lipinski definition) is 1. The predicted molar refractivity (Wildman–Crippen MR) is 142 cm³/mol. The Morgan fingerprint density at radius 1 is 1.06 bits per heavy atom. The molecule has 1 N–H and O–H groups in total. The Balaban J connectivity index is 1.70. The first-order chi connectivity index (χ1) is 17.1. The molecule has 1 atom stereocenters. The van der Waals surface area contributed by atoms with E-state index < -0.39 is 0 Å². The van der Waals surface area contributed by atoms with Gasteiger partial charge in [-0.25, -0.2) is 4.98 Å². The molecular formula is C27H34N6O2. The van der Waals surface area contributed by atoms with Crippen LogP contribution in [-0.4, -0.2) is 74.7 Å². The molecule has 184 valence electrons. The van der Waals surface area contributed by atoms with Crippen LogP contribution in [0.4, 0.5) is 11.4 Å². The van der Waals surface area contributed by atoms with E-state index in [1.807, 2.05) is 24.3 Å². The lowest BCUT2D eigenvalue weighted by atomic mass is 10.1. The SMILES string of the molecule is CN=CC(C=N)c1cnc2ccc(N(CCCN3CCCC3)c3cc(OC)cc(OC)c3)cc2n1. The number of hydrogen-bond acceptors (Lipinski definition) is 8. The van der Waals surface area contributed by atoms with Crippen LogP contribution < -0.4 is 14.4 Å². The summed E-state index contributed by atoms with van der Waals surface area (Å²) in [7, 11) is 5.04. The zero-order chi connectivity index (χ0) is 24.6. The Bertz CT molecular complexity index is 1150. The zero-order valence-electron chi connectivity index (χ0n) is 20.8. The fraction of sp³-hybridized carbons (Fsp3) is 0.407. The van der Waals surface area contributed by atoms with E-state index in [4.69, 9.17) is 19.9 Å². The second kappa shape index (κ2) is 11.8. The number of fused-ring (bicyclic) bond motifs is 1. The minimum atomic E-state index is -0.292. The molecule has 0 radical (unpaired) electrons. The maximum Gasteiger partial charge on any atom is 0.124 e. The maximum absolute atomic E-state index is 7.74. The van der Waals surface area contributed by atoms with E-state index in [2.05, 4.69) is 31.9 Å². The summed E-state index contributed by atoms with van der Waals surface area (Å²) in [6, 6.07) is 12.1. The molecule has 0 bridgehead atoms. The number of likely N-dealkylation sites (tertiary alicyclic amines) is 1. The molecule has 8 nitrogen and oxygen atoms in total. The van der Waals surface area contributed by atoms with Crippen molar-refractivity contribution in [3.8, 4) is 11.5 Å². The maximum atomic E-state index is 7.74. The van der Waals surface area contributed by atoms with E-state index in [0.29, 0.717) is 5.69 Å². The molecular weight excluding hydrogens is 440 g/mol. The molecule has 0 aliphatic carbocycles. The standard InChI is InChI=1S/C27H34N6O2/c1-29-18-20(17-28)27-19-30-25-8-7-21(15-26(25)31-27)33(12-6-11-32-9-4-5-10-32)22-13-23(34-2)16-24(14-22)35-3/h7-8,13-20,28H,4-6,9-12H2,1-3H3. The topological polar surface area (TPSA) is 86.9 Å². The van der Waals surface area contributed by atoms with E-state index in [1.165, 1.54) is 32.1 Å². The van der Waals surface area contributed by atoms with Crippen molar-refractivity contribution in [2.45, 2.75) is 25.2 Å². The molecule has 1 aliphatic heterocycles. The number of ether oxygens (including phenoxy) is 2. The number of nitrogens with zero attached hydrogens (tertiary/aromatic N) is 5. The minimum Gasteiger partial charge on any atom is -0.497 e. The van der Waals surface area contributed by atoms with Gasteiger partial charge in [-0.3, -0.25) is 9.98 Å². The number of rotatable bonds is 11. The summed E-state index contributed by atoms with van der Waals surface area (Å²) in [6.07, 6.45) is 8.38. The number of aromatic nitrogens is 2. The average Bonchev–Trinajstić information content (AvgIpc) is 3.42. The lowest BCUT2D eigenvalue weighted by Gasteiger charge is -2.27. The van der Waals surface area contributed by atoms with Crippen molar-refractivity contribution in [3.63, 3.8) is 0 Å². The van der Waals surface area contributed by atoms with Crippen LogP contribution in [0.2, 0.25) is 0 Å². The highest BCUT2D eigenvalue weighted by atomic mass is 16.5. The van der Waals surface area contributed by atoms with E-state index >= 15 is 0 Å². The molecule has 1 saturated heterocycles. The molecule has 3 aromatic rings. The van der Waals surface area contributed by atoms with Crippen LogP contribution in [0, 0.1) is 5.41 Å². The Labute approximate surface area is 207 Å². The molecule has 2 aromatic carbocycles. The van der Waals surface area contributed by atoms with Crippen LogP contribution in [0.15, 0.2) is 47.6 Å². The first-order valence-corrected chi connectivity index (χ1v) is 12.1. The summed E-state index contributed by atoms with van der Waals surface area (Å²) in [6.45, 7) is 4.30. The number of anilines is 2. The first kappa shape index (κ1) is 24.6.